The monoisotopic (exact) mass is 360 g/mol. The largest absolute Gasteiger partial charge is 0.355 e. The molecule has 0 unspecified atom stereocenters. The van der Waals surface area contributed by atoms with E-state index in [1.165, 1.54) is 0 Å². The Kier molecular flexibility index (Phi) is 6.72. The van der Waals surface area contributed by atoms with E-state index in [1.54, 1.807) is 34.0 Å². The summed E-state index contributed by atoms with van der Waals surface area (Å²) in [6.45, 7) is 2.13. The highest BCUT2D eigenvalue weighted by Crippen LogP contribution is 2.12. The lowest BCUT2D eigenvalue weighted by Crippen LogP contribution is -2.44. The van der Waals surface area contributed by atoms with Crippen molar-refractivity contribution >= 4 is 27.7 Å². The van der Waals surface area contributed by atoms with Crippen molar-refractivity contribution in [3.8, 4) is 0 Å². The molecule has 10 heteroatoms. The average Bonchev–Trinajstić information content (AvgIpc) is 2.96. The number of thioether (sulfide) groups is 1. The zero-order valence-corrected chi connectivity index (χ0v) is 15.2. The van der Waals surface area contributed by atoms with Crippen molar-refractivity contribution < 1.29 is 8.42 Å². The summed E-state index contributed by atoms with van der Waals surface area (Å²) in [5.74, 6) is 2.40. The van der Waals surface area contributed by atoms with Crippen molar-refractivity contribution in [3.63, 3.8) is 0 Å². The Morgan fingerprint density at radius 3 is 2.74 bits per heavy atom. The first-order valence-corrected chi connectivity index (χ1v) is 10.3. The van der Waals surface area contributed by atoms with Gasteiger partial charge in [0.05, 0.1) is 18.0 Å². The van der Waals surface area contributed by atoms with Crippen LogP contribution in [0.15, 0.2) is 17.3 Å². The van der Waals surface area contributed by atoms with Crippen LogP contribution in [-0.2, 0) is 23.6 Å². The smallest absolute Gasteiger partial charge is 0.215 e. The number of sulfonamides is 1. The second kappa shape index (κ2) is 8.55. The van der Waals surface area contributed by atoms with Gasteiger partial charge in [-0.05, 0) is 6.07 Å². The molecule has 0 amide bonds. The normalized spacial score (nSPS) is 17.2. The van der Waals surface area contributed by atoms with Gasteiger partial charge in [-0.1, -0.05) is 0 Å². The zero-order valence-electron chi connectivity index (χ0n) is 13.5. The Hall–Kier alpha value is -1.26. The van der Waals surface area contributed by atoms with Crippen LogP contribution in [0.4, 0.5) is 0 Å². The van der Waals surface area contributed by atoms with Crippen LogP contribution >= 0.6 is 11.8 Å². The third-order valence-electron chi connectivity index (χ3n) is 3.60. The second-order valence-corrected chi connectivity index (χ2v) is 8.44. The van der Waals surface area contributed by atoms with E-state index in [0.717, 1.165) is 17.2 Å². The Balaban J connectivity index is 1.76. The minimum atomic E-state index is -3.19. The van der Waals surface area contributed by atoms with Crippen molar-refractivity contribution in [2.24, 2.45) is 12.0 Å². The van der Waals surface area contributed by atoms with E-state index in [0.29, 0.717) is 32.1 Å². The van der Waals surface area contributed by atoms with Gasteiger partial charge in [-0.2, -0.15) is 16.9 Å². The Bertz CT molecular complexity index is 622. The molecule has 2 heterocycles. The van der Waals surface area contributed by atoms with Gasteiger partial charge in [0, 0.05) is 51.4 Å². The molecule has 0 radical (unpaired) electrons. The number of aryl methyl sites for hydroxylation is 1. The summed E-state index contributed by atoms with van der Waals surface area (Å²) in [5.41, 5.74) is 1.02. The molecule has 1 aromatic rings. The third kappa shape index (κ3) is 5.40. The second-order valence-electron chi connectivity index (χ2n) is 5.13. The van der Waals surface area contributed by atoms with Crippen molar-refractivity contribution in [1.29, 1.82) is 0 Å². The fraction of sp³-hybridized carbons (Fsp3) is 0.692. The highest BCUT2D eigenvalue weighted by molar-refractivity contribution is 7.99. The molecular formula is C13H24N6O2S2. The Morgan fingerprint density at radius 2 is 2.13 bits per heavy atom. The fourth-order valence-electron chi connectivity index (χ4n) is 2.22. The van der Waals surface area contributed by atoms with Crippen LogP contribution in [0.5, 0.6) is 0 Å². The van der Waals surface area contributed by atoms with Gasteiger partial charge >= 0.3 is 0 Å². The van der Waals surface area contributed by atoms with Crippen LogP contribution < -0.4 is 10.6 Å². The van der Waals surface area contributed by atoms with Gasteiger partial charge in [-0.3, -0.25) is 9.67 Å². The SMILES string of the molecule is CN=C(NCCS(=O)(=O)N1CCSCC1)NCc1ccnn1C. The number of guanidine groups is 1. The predicted octanol–water partition coefficient (Wildman–Crippen LogP) is -0.536. The number of nitrogens with zero attached hydrogens (tertiary/aromatic N) is 4. The van der Waals surface area contributed by atoms with Gasteiger partial charge in [0.25, 0.3) is 0 Å². The van der Waals surface area contributed by atoms with Gasteiger partial charge in [0.1, 0.15) is 0 Å². The highest BCUT2D eigenvalue weighted by atomic mass is 32.2. The Labute approximate surface area is 141 Å². The van der Waals surface area contributed by atoms with Crippen LogP contribution in [0.3, 0.4) is 0 Å². The van der Waals surface area contributed by atoms with Gasteiger partial charge in [-0.15, -0.1) is 0 Å². The first kappa shape index (κ1) is 18.1. The molecule has 0 atom stereocenters. The number of hydrogen-bond donors (Lipinski definition) is 2. The summed E-state index contributed by atoms with van der Waals surface area (Å²) < 4.78 is 27.9. The average molecular weight is 361 g/mol. The van der Waals surface area contributed by atoms with E-state index in [-0.39, 0.29) is 5.75 Å². The maximum absolute atomic E-state index is 12.2. The molecular weight excluding hydrogens is 336 g/mol. The molecule has 1 aromatic heterocycles. The van der Waals surface area contributed by atoms with Gasteiger partial charge < -0.3 is 10.6 Å². The molecule has 0 saturated carbocycles. The molecule has 1 aliphatic rings. The fourth-order valence-corrected chi connectivity index (χ4v) is 4.71. The van der Waals surface area contributed by atoms with Crippen LogP contribution in [0.25, 0.3) is 0 Å². The Morgan fingerprint density at radius 1 is 1.39 bits per heavy atom. The van der Waals surface area contributed by atoms with E-state index >= 15 is 0 Å². The maximum atomic E-state index is 12.2. The summed E-state index contributed by atoms with van der Waals surface area (Å²) >= 11 is 1.80. The molecule has 8 nitrogen and oxygen atoms in total. The van der Waals surface area contributed by atoms with E-state index in [1.807, 2.05) is 13.1 Å². The first-order valence-electron chi connectivity index (χ1n) is 7.50. The number of aromatic nitrogens is 2. The van der Waals surface area contributed by atoms with Crippen LogP contribution in [0.2, 0.25) is 0 Å². The van der Waals surface area contributed by atoms with E-state index in [9.17, 15) is 8.42 Å². The lowest BCUT2D eigenvalue weighted by atomic mass is 10.4. The van der Waals surface area contributed by atoms with Crippen molar-refractivity contribution in [1.82, 2.24) is 24.7 Å². The van der Waals surface area contributed by atoms with Gasteiger partial charge in [-0.25, -0.2) is 12.7 Å². The summed E-state index contributed by atoms with van der Waals surface area (Å²) in [7, 11) is 0.342. The van der Waals surface area contributed by atoms with E-state index in [2.05, 4.69) is 20.7 Å². The van der Waals surface area contributed by atoms with Crippen molar-refractivity contribution in [2.75, 3.05) is 43.9 Å². The van der Waals surface area contributed by atoms with Crippen LogP contribution in [0.1, 0.15) is 5.69 Å². The van der Waals surface area contributed by atoms with Crippen LogP contribution in [-0.4, -0.2) is 72.4 Å². The molecule has 1 aliphatic heterocycles. The maximum Gasteiger partial charge on any atom is 0.215 e. The van der Waals surface area contributed by atoms with Gasteiger partial charge in [0.2, 0.25) is 10.0 Å². The standard InChI is InChI=1S/C13H24N6O2S2/c1-14-13(16-11-12-3-4-17-18(12)2)15-5-10-23(20,21)19-6-8-22-9-7-19/h3-4H,5-11H2,1-2H3,(H2,14,15,16). The molecule has 0 bridgehead atoms. The minimum Gasteiger partial charge on any atom is -0.355 e. The molecule has 1 fully saturated rings. The van der Waals surface area contributed by atoms with Crippen molar-refractivity contribution in [3.05, 3.63) is 18.0 Å². The van der Waals surface area contributed by atoms with E-state index < -0.39 is 10.0 Å². The molecule has 0 aliphatic carbocycles. The molecule has 0 aromatic carbocycles. The first-order chi connectivity index (χ1) is 11.0. The highest BCUT2D eigenvalue weighted by Gasteiger charge is 2.23. The van der Waals surface area contributed by atoms with Crippen molar-refractivity contribution in [2.45, 2.75) is 6.54 Å². The molecule has 2 rings (SSSR count). The predicted molar refractivity (Wildman–Crippen MR) is 94.1 cm³/mol. The topological polar surface area (TPSA) is 91.6 Å². The number of aliphatic imine (C=N–C) groups is 1. The molecule has 2 N–H and O–H groups in total. The lowest BCUT2D eigenvalue weighted by Gasteiger charge is -2.25. The molecule has 1 saturated heterocycles. The summed E-state index contributed by atoms with van der Waals surface area (Å²) in [5, 5.41) is 10.3. The summed E-state index contributed by atoms with van der Waals surface area (Å²) in [4.78, 5) is 4.10. The number of nitrogens with one attached hydrogen (secondary N) is 2. The number of rotatable bonds is 6. The summed E-state index contributed by atoms with van der Waals surface area (Å²) in [6, 6.07) is 1.92. The third-order valence-corrected chi connectivity index (χ3v) is 6.41. The molecule has 130 valence electrons. The van der Waals surface area contributed by atoms with Gasteiger partial charge in [0.15, 0.2) is 5.96 Å². The number of hydrogen-bond acceptors (Lipinski definition) is 5. The quantitative estimate of drug-likeness (QED) is 0.523. The van der Waals surface area contributed by atoms with Crippen LogP contribution in [0, 0.1) is 0 Å². The lowest BCUT2D eigenvalue weighted by molar-refractivity contribution is 0.443. The molecule has 0 spiro atoms. The molecule has 23 heavy (non-hydrogen) atoms. The van der Waals surface area contributed by atoms with E-state index in [4.69, 9.17) is 0 Å². The zero-order chi connectivity index (χ0) is 16.7. The minimum absolute atomic E-state index is 0.0735. The summed E-state index contributed by atoms with van der Waals surface area (Å²) in [6.07, 6.45) is 1.73.